The van der Waals surface area contributed by atoms with Crippen LogP contribution >= 0.6 is 11.3 Å². The molecule has 1 aromatic carbocycles. The lowest BCUT2D eigenvalue weighted by molar-refractivity contribution is -0.152. The van der Waals surface area contributed by atoms with Crippen LogP contribution in [0.5, 0.6) is 0 Å². The minimum absolute atomic E-state index is 0.0544. The van der Waals surface area contributed by atoms with Crippen LogP contribution in [-0.2, 0) is 30.3 Å². The van der Waals surface area contributed by atoms with Crippen molar-refractivity contribution in [3.63, 3.8) is 0 Å². The monoisotopic (exact) mass is 769 g/mol. The van der Waals surface area contributed by atoms with Crippen molar-refractivity contribution in [2.24, 2.45) is 23.7 Å². The smallest absolute Gasteiger partial charge is 0.306 e. The fourth-order valence-electron chi connectivity index (χ4n) is 6.98. The normalized spacial score (nSPS) is 18.2. The van der Waals surface area contributed by atoms with E-state index >= 15 is 0 Å². The Morgan fingerprint density at radius 1 is 1.02 bits per heavy atom. The number of esters is 1. The molecule has 2 aromatic rings. The summed E-state index contributed by atoms with van der Waals surface area (Å²) in [6.07, 6.45) is 3.71. The van der Waals surface area contributed by atoms with Gasteiger partial charge in [0.25, 0.3) is 5.91 Å². The zero-order valence-electron chi connectivity index (χ0n) is 33.7. The van der Waals surface area contributed by atoms with E-state index in [0.717, 1.165) is 31.4 Å². The van der Waals surface area contributed by atoms with Crippen LogP contribution in [0.1, 0.15) is 121 Å². The van der Waals surface area contributed by atoms with Crippen LogP contribution in [0.2, 0.25) is 0 Å². The van der Waals surface area contributed by atoms with Crippen molar-refractivity contribution in [2.75, 3.05) is 20.6 Å². The number of aromatic nitrogens is 1. The first-order chi connectivity index (χ1) is 25.5. The molecule has 13 heteroatoms. The highest BCUT2D eigenvalue weighted by molar-refractivity contribution is 7.09. The molecule has 0 aliphatic carbocycles. The van der Waals surface area contributed by atoms with Crippen LogP contribution in [0.4, 0.5) is 0 Å². The molecule has 1 aliphatic heterocycles. The Morgan fingerprint density at radius 2 is 1.70 bits per heavy atom. The molecule has 1 aromatic heterocycles. The van der Waals surface area contributed by atoms with E-state index in [9.17, 15) is 29.1 Å². The van der Waals surface area contributed by atoms with E-state index in [4.69, 9.17) is 4.74 Å². The zero-order chi connectivity index (χ0) is 40.1. The molecule has 1 saturated heterocycles. The van der Waals surface area contributed by atoms with Gasteiger partial charge in [-0.15, -0.1) is 11.3 Å². The number of rotatable bonds is 20. The lowest BCUT2D eigenvalue weighted by atomic mass is 9.92. The summed E-state index contributed by atoms with van der Waals surface area (Å²) in [6, 6.07) is 7.69. The van der Waals surface area contributed by atoms with Gasteiger partial charge < -0.3 is 25.4 Å². The molecule has 7 atom stereocenters. The Labute approximate surface area is 325 Å². The van der Waals surface area contributed by atoms with Crippen LogP contribution < -0.4 is 10.6 Å². The maximum atomic E-state index is 14.3. The third-order valence-corrected chi connectivity index (χ3v) is 11.5. The predicted octanol–water partition coefficient (Wildman–Crippen LogP) is 6.11. The van der Waals surface area contributed by atoms with Gasteiger partial charge in [-0.3, -0.25) is 28.9 Å². The van der Waals surface area contributed by atoms with Gasteiger partial charge >= 0.3 is 11.9 Å². The number of carboxylic acid groups (broad SMARTS) is 1. The highest BCUT2D eigenvalue weighted by Crippen LogP contribution is 2.32. The second-order valence-electron chi connectivity index (χ2n) is 15.8. The molecule has 0 bridgehead atoms. The maximum absolute atomic E-state index is 14.3. The Kier molecular flexibility index (Phi) is 17.6. The average Bonchev–Trinajstić information content (AvgIpc) is 3.62. The Balaban J connectivity index is 1.87. The second-order valence-corrected chi connectivity index (χ2v) is 16.7. The summed E-state index contributed by atoms with van der Waals surface area (Å²) in [7, 11) is 3.68. The average molecular weight is 770 g/mol. The molecule has 3 amide bonds. The fourth-order valence-corrected chi connectivity index (χ4v) is 7.82. The van der Waals surface area contributed by atoms with Gasteiger partial charge in [0.2, 0.25) is 11.8 Å². The van der Waals surface area contributed by atoms with Gasteiger partial charge in [-0.2, -0.15) is 0 Å². The van der Waals surface area contributed by atoms with Gasteiger partial charge in [0.15, 0.2) is 6.10 Å². The van der Waals surface area contributed by atoms with Crippen molar-refractivity contribution < 1.29 is 33.8 Å². The molecule has 54 heavy (non-hydrogen) atoms. The first-order valence-electron chi connectivity index (χ1n) is 19.5. The van der Waals surface area contributed by atoms with Crippen molar-refractivity contribution in [2.45, 2.75) is 130 Å². The molecule has 0 radical (unpaired) electrons. The van der Waals surface area contributed by atoms with Crippen molar-refractivity contribution in [3.05, 3.63) is 52.0 Å². The van der Waals surface area contributed by atoms with E-state index < -0.39 is 48.0 Å². The van der Waals surface area contributed by atoms with Gasteiger partial charge in [-0.1, -0.05) is 91.6 Å². The van der Waals surface area contributed by atoms with E-state index in [1.54, 1.807) is 24.3 Å². The number of likely N-dealkylation sites (N-methyl/N-ethyl adjacent to an activating group) is 2. The van der Waals surface area contributed by atoms with E-state index in [1.165, 1.54) is 11.3 Å². The van der Waals surface area contributed by atoms with Crippen molar-refractivity contribution >= 4 is 41.0 Å². The van der Waals surface area contributed by atoms with Crippen molar-refractivity contribution in [1.29, 1.82) is 0 Å². The summed E-state index contributed by atoms with van der Waals surface area (Å²) >= 11 is 1.20. The number of benzene rings is 1. The van der Waals surface area contributed by atoms with E-state index in [2.05, 4.69) is 20.5 Å². The first-order valence-corrected chi connectivity index (χ1v) is 20.4. The second kappa shape index (κ2) is 21.3. The molecule has 3 N–H and O–H groups in total. The fraction of sp³-hybridized carbons (Fsp3) is 0.659. The van der Waals surface area contributed by atoms with Crippen LogP contribution in [0.15, 0.2) is 35.7 Å². The van der Waals surface area contributed by atoms with E-state index in [0.29, 0.717) is 17.8 Å². The van der Waals surface area contributed by atoms with Gasteiger partial charge in [0, 0.05) is 37.4 Å². The van der Waals surface area contributed by atoms with Crippen LogP contribution in [0, 0.1) is 23.7 Å². The highest BCUT2D eigenvalue weighted by Gasteiger charge is 2.37. The first kappa shape index (κ1) is 44.6. The number of aliphatic carboxylic acids is 1. The number of likely N-dealkylation sites (tertiary alicyclic amines) is 1. The highest BCUT2D eigenvalue weighted by atomic mass is 32.1. The standard InChI is InChI=1S/C41H63N5O7S/c1-10-27(6)36(44-38(49)32-18-14-15-19-45(32)8)40(50)46(9)33(26(4)5)23-34(53-35(47)20-25(2)3)39-43-31(24-54-39)37(48)42-30(21-28(7)41(51)52)22-29-16-12-11-13-17-29/h11-13,16-17,24-28,30,32-34,36H,10,14-15,18-23H2,1-9H3,(H,42,48)(H,44,49)(H,51,52)/t27-,28?,30?,32+,33+,34+,36-/m0/s1. The number of carboxylic acids is 1. The van der Waals surface area contributed by atoms with Crippen LogP contribution in [-0.4, -0.2) is 94.4 Å². The van der Waals surface area contributed by atoms with Gasteiger partial charge in [0.1, 0.15) is 16.7 Å². The minimum atomic E-state index is -0.942. The van der Waals surface area contributed by atoms with Gasteiger partial charge in [-0.05, 0) is 62.6 Å². The topological polar surface area (TPSA) is 158 Å². The summed E-state index contributed by atoms with van der Waals surface area (Å²) < 4.78 is 6.07. The molecule has 2 unspecified atom stereocenters. The quantitative estimate of drug-likeness (QED) is 0.135. The number of hydrogen-bond donors (Lipinski definition) is 3. The summed E-state index contributed by atoms with van der Waals surface area (Å²) in [5.74, 6) is -2.93. The van der Waals surface area contributed by atoms with E-state index in [1.807, 2.05) is 78.9 Å². The van der Waals surface area contributed by atoms with Crippen LogP contribution in [0.25, 0.3) is 0 Å². The summed E-state index contributed by atoms with van der Waals surface area (Å²) in [4.78, 5) is 74.6. The molecule has 300 valence electrons. The Hall–Kier alpha value is -3.84. The predicted molar refractivity (Wildman–Crippen MR) is 211 cm³/mol. The van der Waals surface area contributed by atoms with Crippen LogP contribution in [0.3, 0.4) is 0 Å². The number of carbonyl (C=O) groups is 5. The lowest BCUT2D eigenvalue weighted by Gasteiger charge is -2.38. The van der Waals surface area contributed by atoms with Gasteiger partial charge in [0.05, 0.1) is 12.0 Å². The van der Waals surface area contributed by atoms with Crippen molar-refractivity contribution in [1.82, 2.24) is 25.4 Å². The van der Waals surface area contributed by atoms with E-state index in [-0.39, 0.29) is 60.6 Å². The Bertz CT molecular complexity index is 1530. The minimum Gasteiger partial charge on any atom is -0.481 e. The molecular formula is C41H63N5O7S. The van der Waals surface area contributed by atoms with Crippen molar-refractivity contribution in [3.8, 4) is 0 Å². The molecule has 1 fully saturated rings. The molecule has 1 aliphatic rings. The summed E-state index contributed by atoms with van der Waals surface area (Å²) in [6.45, 7) is 14.3. The number of amides is 3. The number of nitrogens with zero attached hydrogens (tertiary/aromatic N) is 3. The SMILES string of the molecule is CC[C@H](C)[C@H](NC(=O)[C@H]1CCCCN1C)C(=O)N(C)[C@H](C[C@@H](OC(=O)CC(C)C)c1nc(C(=O)NC(Cc2ccccc2)CC(C)C(=O)O)cs1)C(C)C. The molecule has 0 spiro atoms. The number of piperidine rings is 1. The number of carbonyl (C=O) groups excluding carboxylic acids is 4. The summed E-state index contributed by atoms with van der Waals surface area (Å²) in [5, 5.41) is 17.7. The summed E-state index contributed by atoms with van der Waals surface area (Å²) in [5.41, 5.74) is 1.10. The lowest BCUT2D eigenvalue weighted by Crippen LogP contribution is -2.58. The number of hydrogen-bond acceptors (Lipinski definition) is 9. The number of nitrogens with one attached hydrogen (secondary N) is 2. The largest absolute Gasteiger partial charge is 0.481 e. The molecule has 2 heterocycles. The molecule has 12 nitrogen and oxygen atoms in total. The number of thiazole rings is 1. The maximum Gasteiger partial charge on any atom is 0.306 e. The number of ether oxygens (including phenoxy) is 1. The van der Waals surface area contributed by atoms with Gasteiger partial charge in [-0.25, -0.2) is 4.98 Å². The third-order valence-electron chi connectivity index (χ3n) is 10.5. The molecule has 0 saturated carbocycles. The molecule has 3 rings (SSSR count). The molecular weight excluding hydrogens is 707 g/mol. The third kappa shape index (κ3) is 13.2. The zero-order valence-corrected chi connectivity index (χ0v) is 34.5. The Morgan fingerprint density at radius 3 is 2.30 bits per heavy atom.